The van der Waals surface area contributed by atoms with Gasteiger partial charge in [-0.2, -0.15) is 0 Å². The first-order valence-electron chi connectivity index (χ1n) is 5.42. The van der Waals surface area contributed by atoms with Crippen LogP contribution in [0.2, 0.25) is 0 Å². The number of rotatable bonds is 3. The molecule has 15 heavy (non-hydrogen) atoms. The Balaban J connectivity index is 1.79. The molecule has 0 aromatic rings. The Bertz CT molecular complexity index is 264. The lowest BCUT2D eigenvalue weighted by molar-refractivity contribution is -0.123. The van der Waals surface area contributed by atoms with Crippen molar-refractivity contribution in [1.29, 1.82) is 0 Å². The standard InChI is InChI=1S/C10H16Cl2N2O/c1-6(7-5-10(7,11)12)14-9(15)8-3-2-4-13-8/h6-8,13H,2-5H2,1H3,(H,14,15). The molecule has 0 spiro atoms. The quantitative estimate of drug-likeness (QED) is 0.745. The minimum absolute atomic E-state index is 0.0220. The van der Waals surface area contributed by atoms with E-state index in [4.69, 9.17) is 23.2 Å². The van der Waals surface area contributed by atoms with Crippen LogP contribution >= 0.6 is 23.2 Å². The van der Waals surface area contributed by atoms with Crippen molar-refractivity contribution in [2.75, 3.05) is 6.54 Å². The van der Waals surface area contributed by atoms with Crippen LogP contribution in [0.25, 0.3) is 0 Å². The lowest BCUT2D eigenvalue weighted by Crippen LogP contribution is -2.45. The van der Waals surface area contributed by atoms with Gasteiger partial charge in [0.05, 0.1) is 6.04 Å². The number of hydrogen-bond acceptors (Lipinski definition) is 2. The number of alkyl halides is 2. The van der Waals surface area contributed by atoms with Gasteiger partial charge < -0.3 is 10.6 Å². The number of halogens is 2. The molecule has 2 N–H and O–H groups in total. The van der Waals surface area contributed by atoms with Gasteiger partial charge in [0.25, 0.3) is 0 Å². The zero-order valence-corrected chi connectivity index (χ0v) is 10.2. The molecule has 3 atom stereocenters. The van der Waals surface area contributed by atoms with E-state index in [1.54, 1.807) is 0 Å². The van der Waals surface area contributed by atoms with Crippen LogP contribution in [0.3, 0.4) is 0 Å². The molecule has 2 rings (SSSR count). The molecule has 5 heteroatoms. The van der Waals surface area contributed by atoms with Crippen molar-refractivity contribution in [1.82, 2.24) is 10.6 Å². The third kappa shape index (κ3) is 2.58. The van der Waals surface area contributed by atoms with Crippen molar-refractivity contribution in [3.63, 3.8) is 0 Å². The third-order valence-electron chi connectivity index (χ3n) is 3.22. The molecule has 1 aliphatic carbocycles. The van der Waals surface area contributed by atoms with Crippen molar-refractivity contribution in [2.45, 2.75) is 42.6 Å². The maximum Gasteiger partial charge on any atom is 0.237 e. The van der Waals surface area contributed by atoms with Crippen LogP contribution in [0.4, 0.5) is 0 Å². The van der Waals surface area contributed by atoms with Crippen molar-refractivity contribution >= 4 is 29.1 Å². The maximum absolute atomic E-state index is 11.7. The van der Waals surface area contributed by atoms with Crippen LogP contribution in [0.1, 0.15) is 26.2 Å². The third-order valence-corrected chi connectivity index (χ3v) is 4.09. The summed E-state index contributed by atoms with van der Waals surface area (Å²) in [5.41, 5.74) is 0. The second-order valence-electron chi connectivity index (χ2n) is 4.52. The summed E-state index contributed by atoms with van der Waals surface area (Å²) in [6, 6.07) is 0.0427. The Morgan fingerprint density at radius 1 is 1.60 bits per heavy atom. The summed E-state index contributed by atoms with van der Waals surface area (Å²) in [4.78, 5) is 11.7. The van der Waals surface area contributed by atoms with E-state index in [0.29, 0.717) is 0 Å². The highest BCUT2D eigenvalue weighted by Crippen LogP contribution is 2.54. The lowest BCUT2D eigenvalue weighted by atomic mass is 10.1. The normalized spacial score (nSPS) is 34.9. The molecule has 1 heterocycles. The van der Waals surface area contributed by atoms with Crippen LogP contribution < -0.4 is 10.6 Å². The highest BCUT2D eigenvalue weighted by Gasteiger charge is 2.54. The van der Waals surface area contributed by atoms with Crippen LogP contribution in [0, 0.1) is 5.92 Å². The summed E-state index contributed by atoms with van der Waals surface area (Å²) < 4.78 is -0.615. The Morgan fingerprint density at radius 2 is 2.27 bits per heavy atom. The summed E-state index contributed by atoms with van der Waals surface area (Å²) >= 11 is 11.9. The number of hydrogen-bond donors (Lipinski definition) is 2. The summed E-state index contributed by atoms with van der Waals surface area (Å²) in [6.45, 7) is 2.90. The number of amides is 1. The van der Waals surface area contributed by atoms with Crippen LogP contribution in [-0.2, 0) is 4.79 Å². The molecule has 86 valence electrons. The minimum atomic E-state index is -0.615. The van der Waals surface area contributed by atoms with Crippen molar-refractivity contribution in [3.05, 3.63) is 0 Å². The molecule has 1 saturated heterocycles. The molecule has 0 aromatic carbocycles. The molecular weight excluding hydrogens is 235 g/mol. The van der Waals surface area contributed by atoms with E-state index in [1.165, 1.54) is 0 Å². The molecule has 0 aromatic heterocycles. The highest BCUT2D eigenvalue weighted by atomic mass is 35.5. The SMILES string of the molecule is CC(NC(=O)C1CCCN1)C1CC1(Cl)Cl. The zero-order valence-electron chi connectivity index (χ0n) is 8.72. The molecule has 2 fully saturated rings. The molecule has 2 aliphatic rings. The molecule has 3 unspecified atom stereocenters. The number of nitrogens with one attached hydrogen (secondary N) is 2. The molecule has 3 nitrogen and oxygen atoms in total. The van der Waals surface area contributed by atoms with Gasteiger partial charge in [0, 0.05) is 12.0 Å². The fourth-order valence-corrected chi connectivity index (χ4v) is 2.82. The van der Waals surface area contributed by atoms with E-state index >= 15 is 0 Å². The zero-order chi connectivity index (χ0) is 11.1. The van der Waals surface area contributed by atoms with Gasteiger partial charge in [-0.1, -0.05) is 0 Å². The summed E-state index contributed by atoms with van der Waals surface area (Å²) in [5.74, 6) is 0.280. The predicted molar refractivity (Wildman–Crippen MR) is 61.2 cm³/mol. The molecule has 0 radical (unpaired) electrons. The molecule has 1 aliphatic heterocycles. The second-order valence-corrected chi connectivity index (χ2v) is 6.06. The summed E-state index contributed by atoms with van der Waals surface area (Å²) in [6.07, 6.45) is 2.77. The Hall–Kier alpha value is 0.01000. The van der Waals surface area contributed by atoms with Gasteiger partial charge in [0.1, 0.15) is 4.33 Å². The first kappa shape index (κ1) is 11.5. The van der Waals surface area contributed by atoms with E-state index in [2.05, 4.69) is 10.6 Å². The maximum atomic E-state index is 11.7. The van der Waals surface area contributed by atoms with Gasteiger partial charge in [0.15, 0.2) is 0 Å². The lowest BCUT2D eigenvalue weighted by Gasteiger charge is -2.17. The van der Waals surface area contributed by atoms with Gasteiger partial charge in [0.2, 0.25) is 5.91 Å². The smallest absolute Gasteiger partial charge is 0.237 e. The van der Waals surface area contributed by atoms with Crippen LogP contribution in [0.5, 0.6) is 0 Å². The van der Waals surface area contributed by atoms with E-state index < -0.39 is 4.33 Å². The van der Waals surface area contributed by atoms with Crippen LogP contribution in [-0.4, -0.2) is 28.9 Å². The molecule has 1 amide bonds. The average molecular weight is 251 g/mol. The number of carbonyl (C=O) groups is 1. The molecule has 0 bridgehead atoms. The Morgan fingerprint density at radius 3 is 2.73 bits per heavy atom. The van der Waals surface area contributed by atoms with E-state index in [0.717, 1.165) is 25.8 Å². The van der Waals surface area contributed by atoms with Gasteiger partial charge in [-0.15, -0.1) is 23.2 Å². The van der Waals surface area contributed by atoms with E-state index in [9.17, 15) is 4.79 Å². The minimum Gasteiger partial charge on any atom is -0.352 e. The topological polar surface area (TPSA) is 41.1 Å². The van der Waals surface area contributed by atoms with Gasteiger partial charge >= 0.3 is 0 Å². The summed E-state index contributed by atoms with van der Waals surface area (Å²) in [5, 5.41) is 6.13. The Kier molecular flexibility index (Phi) is 3.15. The van der Waals surface area contributed by atoms with Crippen molar-refractivity contribution in [2.24, 2.45) is 5.92 Å². The predicted octanol–water partition coefficient (Wildman–Crippen LogP) is 1.44. The Labute approximate surface area is 99.9 Å². The van der Waals surface area contributed by atoms with Crippen molar-refractivity contribution < 1.29 is 4.79 Å². The fourth-order valence-electron chi connectivity index (χ4n) is 2.11. The largest absolute Gasteiger partial charge is 0.352 e. The average Bonchev–Trinajstić information content (AvgIpc) is 2.66. The second kappa shape index (κ2) is 4.11. The fraction of sp³-hybridized carbons (Fsp3) is 0.900. The van der Waals surface area contributed by atoms with Crippen molar-refractivity contribution in [3.8, 4) is 0 Å². The first-order chi connectivity index (χ1) is 7.00. The van der Waals surface area contributed by atoms with Gasteiger partial charge in [-0.05, 0) is 32.7 Å². The highest BCUT2D eigenvalue weighted by molar-refractivity contribution is 6.50. The monoisotopic (exact) mass is 250 g/mol. The van der Waals surface area contributed by atoms with Crippen LogP contribution in [0.15, 0.2) is 0 Å². The molecular formula is C10H16Cl2N2O. The van der Waals surface area contributed by atoms with E-state index in [1.807, 2.05) is 6.92 Å². The molecule has 1 saturated carbocycles. The van der Waals surface area contributed by atoms with Gasteiger partial charge in [-0.3, -0.25) is 4.79 Å². The van der Waals surface area contributed by atoms with E-state index in [-0.39, 0.29) is 23.9 Å². The first-order valence-corrected chi connectivity index (χ1v) is 6.18. The number of carbonyl (C=O) groups excluding carboxylic acids is 1. The van der Waals surface area contributed by atoms with Gasteiger partial charge in [-0.25, -0.2) is 0 Å². The summed E-state index contributed by atoms with van der Waals surface area (Å²) in [7, 11) is 0.